The SMILES string of the molecule is CC(C)C(=O)CCc1cnn(-c2ccccc2)c1. The van der Waals surface area contributed by atoms with Gasteiger partial charge in [0.2, 0.25) is 0 Å². The second-order valence-corrected chi connectivity index (χ2v) is 4.75. The van der Waals surface area contributed by atoms with E-state index >= 15 is 0 Å². The first-order valence-electron chi connectivity index (χ1n) is 6.28. The van der Waals surface area contributed by atoms with Crippen LogP contribution in [-0.2, 0) is 11.2 Å². The highest BCUT2D eigenvalue weighted by molar-refractivity contribution is 5.80. The van der Waals surface area contributed by atoms with Crippen molar-refractivity contribution in [2.75, 3.05) is 0 Å². The van der Waals surface area contributed by atoms with Crippen LogP contribution in [0.5, 0.6) is 0 Å². The first kappa shape index (κ1) is 12.6. The van der Waals surface area contributed by atoms with E-state index in [0.717, 1.165) is 17.7 Å². The number of nitrogens with zero attached hydrogens (tertiary/aromatic N) is 2. The van der Waals surface area contributed by atoms with Crippen molar-refractivity contribution in [1.29, 1.82) is 0 Å². The number of hydrogen-bond acceptors (Lipinski definition) is 2. The molecule has 0 fully saturated rings. The minimum absolute atomic E-state index is 0.120. The lowest BCUT2D eigenvalue weighted by atomic mass is 10.0. The summed E-state index contributed by atoms with van der Waals surface area (Å²) in [6, 6.07) is 9.97. The number of para-hydroxylation sites is 1. The van der Waals surface area contributed by atoms with Crippen molar-refractivity contribution in [3.05, 3.63) is 48.3 Å². The second kappa shape index (κ2) is 5.63. The summed E-state index contributed by atoms with van der Waals surface area (Å²) in [6.45, 7) is 3.88. The van der Waals surface area contributed by atoms with Crippen LogP contribution in [-0.4, -0.2) is 15.6 Å². The van der Waals surface area contributed by atoms with Crippen LogP contribution in [0, 0.1) is 5.92 Å². The van der Waals surface area contributed by atoms with Gasteiger partial charge in [-0.1, -0.05) is 32.0 Å². The molecule has 3 heteroatoms. The Morgan fingerprint density at radius 1 is 1.28 bits per heavy atom. The molecule has 2 rings (SSSR count). The summed E-state index contributed by atoms with van der Waals surface area (Å²) in [5, 5.41) is 4.31. The van der Waals surface area contributed by atoms with Gasteiger partial charge < -0.3 is 0 Å². The summed E-state index contributed by atoms with van der Waals surface area (Å²) in [5.41, 5.74) is 2.15. The molecule has 0 unspecified atom stereocenters. The maximum absolute atomic E-state index is 11.6. The fraction of sp³-hybridized carbons (Fsp3) is 0.333. The molecule has 0 N–H and O–H groups in total. The number of carbonyl (C=O) groups excluding carboxylic acids is 1. The number of ketones is 1. The minimum Gasteiger partial charge on any atom is -0.299 e. The van der Waals surface area contributed by atoms with Crippen molar-refractivity contribution in [2.45, 2.75) is 26.7 Å². The standard InChI is InChI=1S/C15H18N2O/c1-12(2)15(18)9-8-13-10-16-17(11-13)14-6-4-3-5-7-14/h3-7,10-12H,8-9H2,1-2H3. The third kappa shape index (κ3) is 3.06. The number of aromatic nitrogens is 2. The van der Waals surface area contributed by atoms with Crippen LogP contribution in [0.25, 0.3) is 5.69 Å². The number of benzene rings is 1. The summed E-state index contributed by atoms with van der Waals surface area (Å²) in [5.74, 6) is 0.427. The minimum atomic E-state index is 0.120. The monoisotopic (exact) mass is 242 g/mol. The van der Waals surface area contributed by atoms with Gasteiger partial charge in [0.05, 0.1) is 11.9 Å². The third-order valence-electron chi connectivity index (χ3n) is 2.96. The first-order chi connectivity index (χ1) is 8.66. The highest BCUT2D eigenvalue weighted by atomic mass is 16.1. The molecule has 0 aliphatic rings. The van der Waals surface area contributed by atoms with Gasteiger partial charge >= 0.3 is 0 Å². The molecule has 0 saturated carbocycles. The summed E-state index contributed by atoms with van der Waals surface area (Å²) in [4.78, 5) is 11.6. The number of hydrogen-bond donors (Lipinski definition) is 0. The largest absolute Gasteiger partial charge is 0.299 e. The molecule has 0 radical (unpaired) electrons. The van der Waals surface area contributed by atoms with Crippen molar-refractivity contribution >= 4 is 5.78 Å². The quantitative estimate of drug-likeness (QED) is 0.807. The predicted molar refractivity (Wildman–Crippen MR) is 71.7 cm³/mol. The third-order valence-corrected chi connectivity index (χ3v) is 2.96. The molecule has 0 bridgehead atoms. The van der Waals surface area contributed by atoms with Gasteiger partial charge in [0.1, 0.15) is 5.78 Å². The molecule has 1 heterocycles. The molecule has 2 aromatic rings. The van der Waals surface area contributed by atoms with Crippen LogP contribution in [0.1, 0.15) is 25.8 Å². The summed E-state index contributed by atoms with van der Waals surface area (Å²) in [6.07, 6.45) is 5.19. The maximum Gasteiger partial charge on any atom is 0.135 e. The van der Waals surface area contributed by atoms with Crippen LogP contribution in [0.2, 0.25) is 0 Å². The van der Waals surface area contributed by atoms with Crippen LogP contribution >= 0.6 is 0 Å². The Morgan fingerprint density at radius 2 is 2.00 bits per heavy atom. The Labute approximate surface area is 107 Å². The van der Waals surface area contributed by atoms with Crippen molar-refractivity contribution in [2.24, 2.45) is 5.92 Å². The number of rotatable bonds is 5. The molecule has 1 aromatic heterocycles. The van der Waals surface area contributed by atoms with Gasteiger partial charge in [-0.25, -0.2) is 4.68 Å². The summed E-state index contributed by atoms with van der Waals surface area (Å²) < 4.78 is 1.84. The van der Waals surface area contributed by atoms with Gasteiger partial charge in [-0.05, 0) is 24.1 Å². The van der Waals surface area contributed by atoms with Gasteiger partial charge in [-0.15, -0.1) is 0 Å². The van der Waals surface area contributed by atoms with Crippen molar-refractivity contribution < 1.29 is 4.79 Å². The maximum atomic E-state index is 11.6. The normalized spacial score (nSPS) is 10.8. The van der Waals surface area contributed by atoms with Gasteiger partial charge in [0, 0.05) is 18.5 Å². The fourth-order valence-corrected chi connectivity index (χ4v) is 1.77. The number of carbonyl (C=O) groups is 1. The lowest BCUT2D eigenvalue weighted by Crippen LogP contribution is -2.07. The first-order valence-corrected chi connectivity index (χ1v) is 6.28. The van der Waals surface area contributed by atoms with Gasteiger partial charge in [-0.3, -0.25) is 4.79 Å². The Hall–Kier alpha value is -1.90. The summed E-state index contributed by atoms with van der Waals surface area (Å²) >= 11 is 0. The zero-order valence-electron chi connectivity index (χ0n) is 10.8. The fourth-order valence-electron chi connectivity index (χ4n) is 1.77. The van der Waals surface area contributed by atoms with Gasteiger partial charge in [0.25, 0.3) is 0 Å². The lowest BCUT2D eigenvalue weighted by Gasteiger charge is -2.02. The molecule has 94 valence electrons. The van der Waals surface area contributed by atoms with Crippen LogP contribution in [0.4, 0.5) is 0 Å². The Bertz CT molecular complexity index is 514. The van der Waals surface area contributed by atoms with E-state index in [-0.39, 0.29) is 5.92 Å². The molecular formula is C15H18N2O. The molecular weight excluding hydrogens is 224 g/mol. The van der Waals surface area contributed by atoms with E-state index in [9.17, 15) is 4.79 Å². The summed E-state index contributed by atoms with van der Waals surface area (Å²) in [7, 11) is 0. The topological polar surface area (TPSA) is 34.9 Å². The molecule has 0 saturated heterocycles. The number of Topliss-reactive ketones (excluding diaryl/α,β-unsaturated/α-hetero) is 1. The molecule has 0 spiro atoms. The average molecular weight is 242 g/mol. The highest BCUT2D eigenvalue weighted by Crippen LogP contribution is 2.10. The smallest absolute Gasteiger partial charge is 0.135 e. The molecule has 1 aromatic carbocycles. The predicted octanol–water partition coefficient (Wildman–Crippen LogP) is 3.03. The highest BCUT2D eigenvalue weighted by Gasteiger charge is 2.08. The van der Waals surface area contributed by atoms with Gasteiger partial charge in [-0.2, -0.15) is 5.10 Å². The van der Waals surface area contributed by atoms with Crippen LogP contribution < -0.4 is 0 Å². The molecule has 0 aliphatic carbocycles. The Morgan fingerprint density at radius 3 is 2.67 bits per heavy atom. The van der Waals surface area contributed by atoms with E-state index in [2.05, 4.69) is 5.10 Å². The molecule has 3 nitrogen and oxygen atoms in total. The van der Waals surface area contributed by atoms with Crippen molar-refractivity contribution in [3.63, 3.8) is 0 Å². The lowest BCUT2D eigenvalue weighted by molar-refractivity contribution is -0.121. The Kier molecular flexibility index (Phi) is 3.92. The number of aryl methyl sites for hydroxylation is 1. The zero-order valence-corrected chi connectivity index (χ0v) is 10.8. The zero-order chi connectivity index (χ0) is 13.0. The van der Waals surface area contributed by atoms with E-state index < -0.39 is 0 Å². The van der Waals surface area contributed by atoms with Crippen molar-refractivity contribution in [1.82, 2.24) is 9.78 Å². The molecule has 0 aliphatic heterocycles. The molecule has 0 amide bonds. The average Bonchev–Trinajstić information content (AvgIpc) is 2.85. The van der Waals surface area contributed by atoms with E-state index in [0.29, 0.717) is 12.2 Å². The van der Waals surface area contributed by atoms with Crippen LogP contribution in [0.3, 0.4) is 0 Å². The van der Waals surface area contributed by atoms with Crippen LogP contribution in [0.15, 0.2) is 42.7 Å². The van der Waals surface area contributed by atoms with E-state index in [1.807, 2.05) is 61.3 Å². The molecule has 0 atom stereocenters. The van der Waals surface area contributed by atoms with E-state index in [1.54, 1.807) is 0 Å². The van der Waals surface area contributed by atoms with E-state index in [1.165, 1.54) is 0 Å². The van der Waals surface area contributed by atoms with Crippen molar-refractivity contribution in [3.8, 4) is 5.69 Å². The van der Waals surface area contributed by atoms with E-state index in [4.69, 9.17) is 0 Å². The second-order valence-electron chi connectivity index (χ2n) is 4.75. The Balaban J connectivity index is 2.01. The molecule has 18 heavy (non-hydrogen) atoms. The van der Waals surface area contributed by atoms with Gasteiger partial charge in [0.15, 0.2) is 0 Å².